The summed E-state index contributed by atoms with van der Waals surface area (Å²) in [5.41, 5.74) is 6.88. The fourth-order valence-electron chi connectivity index (χ4n) is 1.93. The molecule has 0 radical (unpaired) electrons. The van der Waals surface area contributed by atoms with E-state index >= 15 is 0 Å². The van der Waals surface area contributed by atoms with E-state index in [1.807, 2.05) is 12.1 Å². The number of halogens is 1. The van der Waals surface area contributed by atoms with Crippen molar-refractivity contribution in [1.82, 2.24) is 0 Å². The number of furan rings is 1. The Morgan fingerprint density at radius 3 is 2.47 bits per heavy atom. The van der Waals surface area contributed by atoms with Gasteiger partial charge in [0.1, 0.15) is 17.3 Å². The Kier molecular flexibility index (Phi) is 2.30. The van der Waals surface area contributed by atoms with Gasteiger partial charge in [-0.15, -0.1) is 0 Å². The molecule has 1 aromatic carbocycles. The molecule has 1 aliphatic carbocycles. The van der Waals surface area contributed by atoms with Crippen LogP contribution in [0.1, 0.15) is 18.6 Å². The molecule has 0 unspecified atom stereocenters. The number of hydrogen-bond acceptors (Lipinski definition) is 2. The molecule has 0 atom stereocenters. The van der Waals surface area contributed by atoms with Gasteiger partial charge in [-0.3, -0.25) is 0 Å². The molecule has 88 valence electrons. The molecule has 1 fully saturated rings. The predicted octanol–water partition coefficient (Wildman–Crippen LogP) is 3.12. The number of hydrogen-bond donors (Lipinski definition) is 1. The van der Waals surface area contributed by atoms with Crippen LogP contribution in [0.5, 0.6) is 0 Å². The molecule has 0 aliphatic heterocycles. The molecule has 1 heterocycles. The van der Waals surface area contributed by atoms with Crippen LogP contribution in [0.25, 0.3) is 11.3 Å². The highest BCUT2D eigenvalue weighted by Gasteiger charge is 2.38. The van der Waals surface area contributed by atoms with E-state index in [0.717, 1.165) is 36.3 Å². The number of rotatable bonds is 3. The maximum absolute atomic E-state index is 12.8. The van der Waals surface area contributed by atoms with E-state index in [1.54, 1.807) is 12.1 Å². The molecule has 1 aromatic heterocycles. The van der Waals surface area contributed by atoms with Crippen LogP contribution in [-0.4, -0.2) is 5.54 Å². The van der Waals surface area contributed by atoms with E-state index < -0.39 is 0 Å². The lowest BCUT2D eigenvalue weighted by Gasteiger charge is -2.04. The largest absolute Gasteiger partial charge is 0.461 e. The first-order valence-corrected chi connectivity index (χ1v) is 5.78. The van der Waals surface area contributed by atoms with Crippen LogP contribution >= 0.6 is 0 Å². The molecule has 3 heteroatoms. The van der Waals surface area contributed by atoms with Gasteiger partial charge in [0.25, 0.3) is 0 Å². The van der Waals surface area contributed by atoms with Gasteiger partial charge in [-0.05, 0) is 49.2 Å². The lowest BCUT2D eigenvalue weighted by atomic mass is 10.1. The molecule has 17 heavy (non-hydrogen) atoms. The fourth-order valence-corrected chi connectivity index (χ4v) is 1.93. The van der Waals surface area contributed by atoms with Gasteiger partial charge in [0.15, 0.2) is 0 Å². The lowest BCUT2D eigenvalue weighted by Crippen LogP contribution is -2.24. The van der Waals surface area contributed by atoms with E-state index in [0.29, 0.717) is 0 Å². The van der Waals surface area contributed by atoms with Crippen LogP contribution in [0.4, 0.5) is 4.39 Å². The van der Waals surface area contributed by atoms with Gasteiger partial charge in [0.05, 0.1) is 0 Å². The molecule has 2 nitrogen and oxygen atoms in total. The number of nitrogens with two attached hydrogens (primary N) is 1. The minimum Gasteiger partial charge on any atom is -0.461 e. The van der Waals surface area contributed by atoms with Crippen molar-refractivity contribution in [1.29, 1.82) is 0 Å². The summed E-state index contributed by atoms with van der Waals surface area (Å²) in [5.74, 6) is 1.44. The molecular formula is C14H14FNO. The van der Waals surface area contributed by atoms with E-state index in [4.69, 9.17) is 10.2 Å². The zero-order valence-electron chi connectivity index (χ0n) is 9.45. The smallest absolute Gasteiger partial charge is 0.134 e. The monoisotopic (exact) mass is 231 g/mol. The SMILES string of the molecule is NC1(Cc2ccc(-c3ccc(F)cc3)o2)CC1. The molecule has 3 rings (SSSR count). The second-order valence-corrected chi connectivity index (χ2v) is 4.81. The summed E-state index contributed by atoms with van der Waals surface area (Å²) in [6, 6.07) is 10.2. The summed E-state index contributed by atoms with van der Waals surface area (Å²) >= 11 is 0. The predicted molar refractivity (Wildman–Crippen MR) is 64.0 cm³/mol. The molecule has 0 spiro atoms. The molecule has 1 saturated carbocycles. The summed E-state index contributed by atoms with van der Waals surface area (Å²) in [7, 11) is 0. The van der Waals surface area contributed by atoms with Crippen molar-refractivity contribution < 1.29 is 8.81 Å². The van der Waals surface area contributed by atoms with Crippen LogP contribution in [0.2, 0.25) is 0 Å². The van der Waals surface area contributed by atoms with Crippen molar-refractivity contribution in [2.75, 3.05) is 0 Å². The lowest BCUT2D eigenvalue weighted by molar-refractivity contribution is 0.489. The normalized spacial score (nSPS) is 17.1. The third-order valence-electron chi connectivity index (χ3n) is 3.21. The highest BCUT2D eigenvalue weighted by atomic mass is 19.1. The van der Waals surface area contributed by atoms with E-state index in [9.17, 15) is 4.39 Å². The first-order valence-electron chi connectivity index (χ1n) is 5.78. The fraction of sp³-hybridized carbons (Fsp3) is 0.286. The van der Waals surface area contributed by atoms with Gasteiger partial charge < -0.3 is 10.2 Å². The van der Waals surface area contributed by atoms with Crippen molar-refractivity contribution in [3.8, 4) is 11.3 Å². The molecular weight excluding hydrogens is 217 g/mol. The summed E-state index contributed by atoms with van der Waals surface area (Å²) in [4.78, 5) is 0. The number of benzene rings is 1. The zero-order valence-corrected chi connectivity index (χ0v) is 9.45. The first-order chi connectivity index (χ1) is 8.15. The maximum Gasteiger partial charge on any atom is 0.134 e. The Morgan fingerprint density at radius 1 is 1.12 bits per heavy atom. The first kappa shape index (κ1) is 10.5. The van der Waals surface area contributed by atoms with E-state index in [1.165, 1.54) is 12.1 Å². The van der Waals surface area contributed by atoms with E-state index in [2.05, 4.69) is 0 Å². The maximum atomic E-state index is 12.8. The Bertz CT molecular complexity index is 525. The molecule has 1 aliphatic rings. The van der Waals surface area contributed by atoms with Crippen molar-refractivity contribution >= 4 is 0 Å². The van der Waals surface area contributed by atoms with Gasteiger partial charge in [0.2, 0.25) is 0 Å². The average Bonchev–Trinajstić information content (AvgIpc) is 2.86. The van der Waals surface area contributed by atoms with Gasteiger partial charge >= 0.3 is 0 Å². The highest BCUT2D eigenvalue weighted by molar-refractivity contribution is 5.57. The summed E-state index contributed by atoms with van der Waals surface area (Å²) in [6.07, 6.45) is 2.92. The second-order valence-electron chi connectivity index (χ2n) is 4.81. The van der Waals surface area contributed by atoms with Gasteiger partial charge in [-0.25, -0.2) is 4.39 Å². The van der Waals surface area contributed by atoms with Crippen LogP contribution in [0, 0.1) is 5.82 Å². The summed E-state index contributed by atoms with van der Waals surface area (Å²) < 4.78 is 18.5. The molecule has 0 bridgehead atoms. The molecule has 0 amide bonds. The van der Waals surface area contributed by atoms with Crippen molar-refractivity contribution in [2.24, 2.45) is 5.73 Å². The quantitative estimate of drug-likeness (QED) is 0.881. The van der Waals surface area contributed by atoms with Gasteiger partial charge in [0, 0.05) is 17.5 Å². The van der Waals surface area contributed by atoms with Crippen LogP contribution < -0.4 is 5.73 Å². The Labute approximate surface area is 99.2 Å². The van der Waals surface area contributed by atoms with Gasteiger partial charge in [-0.1, -0.05) is 0 Å². The van der Waals surface area contributed by atoms with Crippen LogP contribution in [0.3, 0.4) is 0 Å². The minimum absolute atomic E-state index is 0.0437. The molecule has 0 saturated heterocycles. The Morgan fingerprint density at radius 2 is 1.82 bits per heavy atom. The molecule has 2 N–H and O–H groups in total. The second kappa shape index (κ2) is 3.70. The summed E-state index contributed by atoms with van der Waals surface area (Å²) in [6.45, 7) is 0. The van der Waals surface area contributed by atoms with Crippen molar-refractivity contribution in [3.63, 3.8) is 0 Å². The third kappa shape index (κ3) is 2.24. The molecule has 2 aromatic rings. The Hall–Kier alpha value is -1.61. The van der Waals surface area contributed by atoms with Crippen LogP contribution in [0.15, 0.2) is 40.8 Å². The van der Waals surface area contributed by atoms with Crippen molar-refractivity contribution in [2.45, 2.75) is 24.8 Å². The highest BCUT2D eigenvalue weighted by Crippen LogP contribution is 2.36. The standard InChI is InChI=1S/C14H14FNO/c15-11-3-1-10(2-4-11)13-6-5-12(17-13)9-14(16)7-8-14/h1-6H,7-9,16H2. The van der Waals surface area contributed by atoms with Crippen LogP contribution in [-0.2, 0) is 6.42 Å². The average molecular weight is 231 g/mol. The van der Waals surface area contributed by atoms with Gasteiger partial charge in [-0.2, -0.15) is 0 Å². The van der Waals surface area contributed by atoms with Crippen molar-refractivity contribution in [3.05, 3.63) is 48.0 Å². The van der Waals surface area contributed by atoms with E-state index in [-0.39, 0.29) is 11.4 Å². The Balaban J connectivity index is 1.82. The third-order valence-corrected chi connectivity index (χ3v) is 3.21. The summed E-state index contributed by atoms with van der Waals surface area (Å²) in [5, 5.41) is 0. The topological polar surface area (TPSA) is 39.2 Å². The minimum atomic E-state index is -0.237. The zero-order chi connectivity index (χ0) is 11.9.